The van der Waals surface area contributed by atoms with Gasteiger partial charge in [-0.05, 0) is 30.6 Å². The highest BCUT2D eigenvalue weighted by Crippen LogP contribution is 2.27. The van der Waals surface area contributed by atoms with Crippen molar-refractivity contribution in [1.82, 2.24) is 14.8 Å². The lowest BCUT2D eigenvalue weighted by molar-refractivity contribution is 0.162. The van der Waals surface area contributed by atoms with Crippen molar-refractivity contribution in [1.29, 1.82) is 0 Å². The molecular weight excluding hydrogens is 298 g/mol. The van der Waals surface area contributed by atoms with E-state index in [4.69, 9.17) is 4.74 Å². The van der Waals surface area contributed by atoms with Crippen LogP contribution in [0, 0.1) is 0 Å². The molecule has 0 radical (unpaired) electrons. The third-order valence-corrected chi connectivity index (χ3v) is 4.02. The first-order valence-electron chi connectivity index (χ1n) is 7.35. The molecule has 0 bridgehead atoms. The molecule has 1 aromatic carbocycles. The summed E-state index contributed by atoms with van der Waals surface area (Å²) in [5.74, 6) is 3.08. The van der Waals surface area contributed by atoms with Crippen LogP contribution < -0.4 is 4.74 Å². The van der Waals surface area contributed by atoms with E-state index in [1.165, 1.54) is 0 Å². The van der Waals surface area contributed by atoms with Gasteiger partial charge in [0.15, 0.2) is 11.6 Å². The molecule has 2 aromatic rings. The maximum Gasteiger partial charge on any atom is 0.161 e. The normalized spacial score (nSPS) is 12.6. The highest BCUT2D eigenvalue weighted by Gasteiger charge is 2.21. The molecule has 1 aromatic heterocycles. The van der Waals surface area contributed by atoms with Crippen molar-refractivity contribution in [2.24, 2.45) is 0 Å². The average molecular weight is 321 g/mol. The van der Waals surface area contributed by atoms with Crippen LogP contribution in [0.3, 0.4) is 0 Å². The Morgan fingerprint density at radius 3 is 2.68 bits per heavy atom. The number of hydrogen-bond acceptors (Lipinski definition) is 5. The first-order chi connectivity index (χ1) is 10.6. The molecule has 2 rings (SSSR count). The lowest BCUT2D eigenvalue weighted by atomic mass is 10.2. The number of methoxy groups -OCH3 is 1. The SMILES string of the molecule is COc1ccccc1-n1nc(C(C)C)nc1[C@H](O)CCSC. The largest absolute Gasteiger partial charge is 0.494 e. The molecule has 1 heterocycles. The number of para-hydroxylation sites is 2. The van der Waals surface area contributed by atoms with Gasteiger partial charge in [-0.1, -0.05) is 26.0 Å². The van der Waals surface area contributed by atoms with Crippen molar-refractivity contribution >= 4 is 11.8 Å². The average Bonchev–Trinajstić information content (AvgIpc) is 2.98. The van der Waals surface area contributed by atoms with Gasteiger partial charge in [0, 0.05) is 5.92 Å². The van der Waals surface area contributed by atoms with Crippen molar-refractivity contribution in [3.05, 3.63) is 35.9 Å². The van der Waals surface area contributed by atoms with Crippen LogP contribution in [0.1, 0.15) is 43.9 Å². The maximum absolute atomic E-state index is 10.5. The third kappa shape index (κ3) is 3.62. The van der Waals surface area contributed by atoms with Crippen LogP contribution in [0.5, 0.6) is 5.75 Å². The third-order valence-electron chi connectivity index (χ3n) is 3.37. The number of aromatic nitrogens is 3. The summed E-state index contributed by atoms with van der Waals surface area (Å²) < 4.78 is 7.12. The zero-order valence-electron chi connectivity index (χ0n) is 13.5. The van der Waals surface area contributed by atoms with Gasteiger partial charge >= 0.3 is 0 Å². The van der Waals surface area contributed by atoms with Crippen LogP contribution in [0.15, 0.2) is 24.3 Å². The van der Waals surface area contributed by atoms with E-state index < -0.39 is 6.10 Å². The number of hydrogen-bond donors (Lipinski definition) is 1. The van der Waals surface area contributed by atoms with Gasteiger partial charge in [0.1, 0.15) is 17.5 Å². The van der Waals surface area contributed by atoms with E-state index in [1.54, 1.807) is 23.6 Å². The van der Waals surface area contributed by atoms with Crippen molar-refractivity contribution < 1.29 is 9.84 Å². The van der Waals surface area contributed by atoms with Crippen LogP contribution in [0.25, 0.3) is 5.69 Å². The molecule has 5 nitrogen and oxygen atoms in total. The molecule has 0 aliphatic heterocycles. The summed E-state index contributed by atoms with van der Waals surface area (Å²) in [5, 5.41) is 15.1. The molecule has 0 aliphatic rings. The molecule has 22 heavy (non-hydrogen) atoms. The van der Waals surface area contributed by atoms with Gasteiger partial charge in [-0.25, -0.2) is 9.67 Å². The minimum absolute atomic E-state index is 0.197. The van der Waals surface area contributed by atoms with Crippen LogP contribution in [0.4, 0.5) is 0 Å². The second-order valence-corrected chi connectivity index (χ2v) is 6.35. The highest BCUT2D eigenvalue weighted by atomic mass is 32.2. The van der Waals surface area contributed by atoms with Crippen LogP contribution in [-0.2, 0) is 0 Å². The molecule has 1 N–H and O–H groups in total. The Balaban J connectivity index is 2.48. The van der Waals surface area contributed by atoms with Gasteiger partial charge in [-0.2, -0.15) is 16.9 Å². The lowest BCUT2D eigenvalue weighted by Crippen LogP contribution is -2.10. The molecule has 1 atom stereocenters. The molecule has 0 spiro atoms. The molecule has 120 valence electrons. The predicted molar refractivity (Wildman–Crippen MR) is 90.0 cm³/mol. The Kier molecular flexibility index (Phi) is 5.85. The summed E-state index contributed by atoms with van der Waals surface area (Å²) in [6.45, 7) is 4.08. The van der Waals surface area contributed by atoms with Gasteiger partial charge in [0.05, 0.1) is 7.11 Å². The predicted octanol–water partition coefficient (Wildman–Crippen LogP) is 3.19. The van der Waals surface area contributed by atoms with Crippen molar-refractivity contribution in [2.45, 2.75) is 32.3 Å². The monoisotopic (exact) mass is 321 g/mol. The van der Waals surface area contributed by atoms with Crippen LogP contribution in [-0.4, -0.2) is 39.0 Å². The van der Waals surface area contributed by atoms with E-state index in [1.807, 2.05) is 44.4 Å². The summed E-state index contributed by atoms with van der Waals surface area (Å²) >= 11 is 1.70. The molecule has 0 saturated carbocycles. The Morgan fingerprint density at radius 1 is 1.32 bits per heavy atom. The molecular formula is C16H23N3O2S. The minimum Gasteiger partial charge on any atom is -0.494 e. The molecule has 0 saturated heterocycles. The van der Waals surface area contributed by atoms with Gasteiger partial charge in [-0.3, -0.25) is 0 Å². The Labute approximate surface area is 135 Å². The summed E-state index contributed by atoms with van der Waals surface area (Å²) in [6.07, 6.45) is 2.03. The quantitative estimate of drug-likeness (QED) is 0.848. The van der Waals surface area contributed by atoms with E-state index in [0.29, 0.717) is 18.0 Å². The number of ether oxygens (including phenoxy) is 1. The zero-order valence-corrected chi connectivity index (χ0v) is 14.3. The van der Waals surface area contributed by atoms with E-state index in [2.05, 4.69) is 10.1 Å². The number of aliphatic hydroxyl groups excluding tert-OH is 1. The van der Waals surface area contributed by atoms with E-state index >= 15 is 0 Å². The van der Waals surface area contributed by atoms with Crippen LogP contribution >= 0.6 is 11.8 Å². The second kappa shape index (κ2) is 7.65. The number of thioether (sulfide) groups is 1. The molecule has 0 amide bonds. The first-order valence-corrected chi connectivity index (χ1v) is 8.75. The Morgan fingerprint density at radius 2 is 2.05 bits per heavy atom. The van der Waals surface area contributed by atoms with Gasteiger partial charge in [-0.15, -0.1) is 0 Å². The van der Waals surface area contributed by atoms with Gasteiger partial charge in [0.25, 0.3) is 0 Å². The fourth-order valence-electron chi connectivity index (χ4n) is 2.14. The van der Waals surface area contributed by atoms with Crippen molar-refractivity contribution in [2.75, 3.05) is 19.1 Å². The minimum atomic E-state index is -0.641. The van der Waals surface area contributed by atoms with Crippen LogP contribution in [0.2, 0.25) is 0 Å². The fraction of sp³-hybridized carbons (Fsp3) is 0.500. The highest BCUT2D eigenvalue weighted by molar-refractivity contribution is 7.98. The Hall–Kier alpha value is -1.53. The molecule has 6 heteroatoms. The maximum atomic E-state index is 10.5. The lowest BCUT2D eigenvalue weighted by Gasteiger charge is -2.13. The van der Waals surface area contributed by atoms with Gasteiger partial charge in [0.2, 0.25) is 0 Å². The molecule has 0 fully saturated rings. The van der Waals surface area contributed by atoms with E-state index in [-0.39, 0.29) is 5.92 Å². The van der Waals surface area contributed by atoms with E-state index in [0.717, 1.165) is 17.3 Å². The smallest absolute Gasteiger partial charge is 0.161 e. The number of aliphatic hydroxyl groups is 1. The topological polar surface area (TPSA) is 60.2 Å². The summed E-state index contributed by atoms with van der Waals surface area (Å²) in [5.41, 5.74) is 0.794. The first kappa shape index (κ1) is 16.8. The molecule has 0 unspecified atom stereocenters. The van der Waals surface area contributed by atoms with Crippen molar-refractivity contribution in [3.63, 3.8) is 0 Å². The molecule has 0 aliphatic carbocycles. The van der Waals surface area contributed by atoms with Gasteiger partial charge < -0.3 is 9.84 Å². The summed E-state index contributed by atoms with van der Waals surface area (Å²) in [4.78, 5) is 4.55. The second-order valence-electron chi connectivity index (χ2n) is 5.36. The van der Waals surface area contributed by atoms with Crippen molar-refractivity contribution in [3.8, 4) is 11.4 Å². The zero-order chi connectivity index (χ0) is 16.1. The van der Waals surface area contributed by atoms with E-state index in [9.17, 15) is 5.11 Å². The number of rotatable bonds is 7. The summed E-state index contributed by atoms with van der Waals surface area (Å²) in [6, 6.07) is 7.63. The number of benzene rings is 1. The number of nitrogens with zero attached hydrogens (tertiary/aromatic N) is 3. The summed E-state index contributed by atoms with van der Waals surface area (Å²) in [7, 11) is 1.63. The Bertz CT molecular complexity index is 613. The standard InChI is InChI=1S/C16H23N3O2S/c1-11(2)15-17-16(13(20)9-10-22-4)19(18-15)12-7-5-6-8-14(12)21-3/h5-8,11,13,20H,9-10H2,1-4H3/t13-/m1/s1. The fourth-order valence-corrected chi connectivity index (χ4v) is 2.60.